The van der Waals surface area contributed by atoms with Crippen LogP contribution in [0.25, 0.3) is 10.9 Å². The second kappa shape index (κ2) is 7.83. The van der Waals surface area contributed by atoms with Gasteiger partial charge in [-0.25, -0.2) is 0 Å². The van der Waals surface area contributed by atoms with E-state index in [1.807, 2.05) is 31.3 Å². The van der Waals surface area contributed by atoms with Crippen LogP contribution in [-0.4, -0.2) is 35.0 Å². The first kappa shape index (κ1) is 17.7. The van der Waals surface area contributed by atoms with Crippen molar-refractivity contribution in [2.75, 3.05) is 19.6 Å². The lowest BCUT2D eigenvalue weighted by molar-refractivity contribution is -0.119. The molecule has 1 aliphatic rings. The van der Waals surface area contributed by atoms with Crippen LogP contribution in [-0.2, 0) is 18.4 Å². The van der Waals surface area contributed by atoms with Crippen LogP contribution in [0.2, 0.25) is 0 Å². The predicted molar refractivity (Wildman–Crippen MR) is 100 cm³/mol. The van der Waals surface area contributed by atoms with Crippen molar-refractivity contribution in [3.8, 4) is 0 Å². The zero-order chi connectivity index (χ0) is 17.8. The molecule has 1 aromatic heterocycles. The normalized spacial score (nSPS) is 18.4. The van der Waals surface area contributed by atoms with E-state index in [0.29, 0.717) is 12.5 Å². The average Bonchev–Trinajstić information content (AvgIpc) is 2.59. The zero-order valence-electron chi connectivity index (χ0n) is 15.1. The second-order valence-electron chi connectivity index (χ2n) is 7.11. The van der Waals surface area contributed by atoms with Crippen molar-refractivity contribution in [2.24, 2.45) is 13.0 Å². The largest absolute Gasteiger partial charge is 0.356 e. The molecule has 5 heteroatoms. The predicted octanol–water partition coefficient (Wildman–Crippen LogP) is 2.28. The maximum absolute atomic E-state index is 12.7. The van der Waals surface area contributed by atoms with Crippen molar-refractivity contribution >= 4 is 16.8 Å². The quantitative estimate of drug-likeness (QED) is 0.908. The monoisotopic (exact) mass is 341 g/mol. The number of aromatic nitrogens is 1. The molecule has 134 valence electrons. The molecule has 1 saturated heterocycles. The lowest BCUT2D eigenvalue weighted by Gasteiger charge is -2.32. The maximum Gasteiger partial charge on any atom is 0.255 e. The first-order chi connectivity index (χ1) is 12.0. The number of para-hydroxylation sites is 1. The molecule has 0 radical (unpaired) electrons. The van der Waals surface area contributed by atoms with Gasteiger partial charge < -0.3 is 9.88 Å². The number of nitrogens with zero attached hydrogens (tertiary/aromatic N) is 2. The summed E-state index contributed by atoms with van der Waals surface area (Å²) in [5.74, 6) is 0.622. The van der Waals surface area contributed by atoms with E-state index in [1.54, 1.807) is 11.5 Å². The summed E-state index contributed by atoms with van der Waals surface area (Å²) in [5, 5.41) is 3.99. The highest BCUT2D eigenvalue weighted by Gasteiger charge is 2.21. The van der Waals surface area contributed by atoms with E-state index in [9.17, 15) is 9.59 Å². The van der Waals surface area contributed by atoms with Gasteiger partial charge in [0.25, 0.3) is 5.56 Å². The van der Waals surface area contributed by atoms with Gasteiger partial charge in [0.15, 0.2) is 0 Å². The third kappa shape index (κ3) is 4.28. The van der Waals surface area contributed by atoms with Crippen LogP contribution in [0.4, 0.5) is 0 Å². The third-order valence-electron chi connectivity index (χ3n) is 5.13. The van der Waals surface area contributed by atoms with Gasteiger partial charge in [-0.15, -0.1) is 0 Å². The van der Waals surface area contributed by atoms with E-state index >= 15 is 0 Å². The van der Waals surface area contributed by atoms with E-state index < -0.39 is 0 Å². The van der Waals surface area contributed by atoms with E-state index in [4.69, 9.17) is 0 Å². The molecule has 0 bridgehead atoms. The summed E-state index contributed by atoms with van der Waals surface area (Å²) in [6.07, 6.45) is 3.36. The molecule has 2 aromatic rings. The van der Waals surface area contributed by atoms with Gasteiger partial charge in [0.05, 0.1) is 5.52 Å². The summed E-state index contributed by atoms with van der Waals surface area (Å²) in [6.45, 7) is 5.03. The highest BCUT2D eigenvalue weighted by molar-refractivity contribution is 5.79. The van der Waals surface area contributed by atoms with Gasteiger partial charge >= 0.3 is 0 Å². The van der Waals surface area contributed by atoms with Crippen molar-refractivity contribution in [3.63, 3.8) is 0 Å². The average molecular weight is 341 g/mol. The van der Waals surface area contributed by atoms with Gasteiger partial charge in [0, 0.05) is 39.2 Å². The van der Waals surface area contributed by atoms with E-state index in [1.165, 1.54) is 6.42 Å². The van der Waals surface area contributed by atoms with E-state index in [2.05, 4.69) is 16.3 Å². The van der Waals surface area contributed by atoms with Gasteiger partial charge in [-0.2, -0.15) is 0 Å². The minimum Gasteiger partial charge on any atom is -0.356 e. The molecule has 1 aliphatic heterocycles. The van der Waals surface area contributed by atoms with Gasteiger partial charge in [-0.1, -0.05) is 18.2 Å². The lowest BCUT2D eigenvalue weighted by atomic mass is 9.94. The summed E-state index contributed by atoms with van der Waals surface area (Å²) in [4.78, 5) is 26.1. The van der Waals surface area contributed by atoms with E-state index in [0.717, 1.165) is 48.9 Å². The summed E-state index contributed by atoms with van der Waals surface area (Å²) < 4.78 is 1.75. The molecule has 1 N–H and O–H groups in total. The lowest BCUT2D eigenvalue weighted by Crippen LogP contribution is -2.38. The molecule has 25 heavy (non-hydrogen) atoms. The number of carbonyl (C=O) groups excluding carboxylic acids is 1. The summed E-state index contributed by atoms with van der Waals surface area (Å²) >= 11 is 0. The number of carbonyl (C=O) groups is 1. The Morgan fingerprint density at radius 1 is 1.32 bits per heavy atom. The molecule has 5 nitrogen and oxygen atoms in total. The number of pyridine rings is 1. The van der Waals surface area contributed by atoms with Crippen LogP contribution in [0.5, 0.6) is 0 Å². The van der Waals surface area contributed by atoms with Crippen LogP contribution in [0.1, 0.15) is 31.7 Å². The first-order valence-corrected chi connectivity index (χ1v) is 9.09. The minimum atomic E-state index is 0.0346. The smallest absolute Gasteiger partial charge is 0.255 e. The number of nitrogens with one attached hydrogen (secondary N) is 1. The van der Waals surface area contributed by atoms with E-state index in [-0.39, 0.29) is 11.5 Å². The number of hydrogen-bond acceptors (Lipinski definition) is 3. The van der Waals surface area contributed by atoms with Crippen LogP contribution in [0.15, 0.2) is 35.1 Å². The number of aryl methyl sites for hydroxylation is 1. The number of benzene rings is 1. The number of fused-ring (bicyclic) bond motifs is 1. The van der Waals surface area contributed by atoms with Crippen LogP contribution in [0.3, 0.4) is 0 Å². The minimum absolute atomic E-state index is 0.0346. The van der Waals surface area contributed by atoms with Gasteiger partial charge in [0.1, 0.15) is 0 Å². The molecule has 1 atom stereocenters. The van der Waals surface area contributed by atoms with Crippen LogP contribution >= 0.6 is 0 Å². The number of likely N-dealkylation sites (tertiary alicyclic amines) is 1. The van der Waals surface area contributed by atoms with Crippen molar-refractivity contribution < 1.29 is 4.79 Å². The van der Waals surface area contributed by atoms with Crippen LogP contribution in [0, 0.1) is 5.92 Å². The molecule has 0 saturated carbocycles. The summed E-state index contributed by atoms with van der Waals surface area (Å²) in [6, 6.07) is 10.1. The Labute approximate surface area is 148 Å². The number of rotatable bonds is 5. The fourth-order valence-corrected chi connectivity index (χ4v) is 3.83. The summed E-state index contributed by atoms with van der Waals surface area (Å²) in [7, 11) is 1.85. The summed E-state index contributed by atoms with van der Waals surface area (Å²) in [5.41, 5.74) is 1.94. The molecule has 0 aliphatic carbocycles. The Morgan fingerprint density at radius 2 is 2.12 bits per heavy atom. The van der Waals surface area contributed by atoms with Crippen molar-refractivity contribution in [1.29, 1.82) is 0 Å². The van der Waals surface area contributed by atoms with Crippen molar-refractivity contribution in [1.82, 2.24) is 14.8 Å². The number of amides is 1. The fraction of sp³-hybridized carbons (Fsp3) is 0.500. The SMILES string of the molecule is CC(=O)NCCC1CCCN(Cc2cc3ccccc3n(C)c2=O)C1. The highest BCUT2D eigenvalue weighted by atomic mass is 16.1. The molecule has 1 aromatic carbocycles. The second-order valence-corrected chi connectivity index (χ2v) is 7.11. The first-order valence-electron chi connectivity index (χ1n) is 9.09. The molecule has 1 unspecified atom stereocenters. The molecule has 3 rings (SSSR count). The topological polar surface area (TPSA) is 54.3 Å². The Balaban J connectivity index is 1.69. The molecular weight excluding hydrogens is 314 g/mol. The standard InChI is InChI=1S/C20H27N3O2/c1-15(24)21-10-9-16-6-5-11-23(13-16)14-18-12-17-7-3-4-8-19(17)22(2)20(18)25/h3-4,7-8,12,16H,5-6,9-11,13-14H2,1-2H3,(H,21,24). The number of piperidine rings is 1. The molecule has 2 heterocycles. The number of hydrogen-bond donors (Lipinski definition) is 1. The Morgan fingerprint density at radius 3 is 2.92 bits per heavy atom. The Kier molecular flexibility index (Phi) is 5.53. The third-order valence-corrected chi connectivity index (χ3v) is 5.13. The van der Waals surface area contributed by atoms with Gasteiger partial charge in [0.2, 0.25) is 5.91 Å². The Hall–Kier alpha value is -2.14. The van der Waals surface area contributed by atoms with Gasteiger partial charge in [-0.3, -0.25) is 14.5 Å². The maximum atomic E-state index is 12.7. The zero-order valence-corrected chi connectivity index (χ0v) is 15.1. The van der Waals surface area contributed by atoms with Gasteiger partial charge in [-0.05, 0) is 49.2 Å². The van der Waals surface area contributed by atoms with Crippen molar-refractivity contribution in [2.45, 2.75) is 32.7 Å². The highest BCUT2D eigenvalue weighted by Crippen LogP contribution is 2.21. The van der Waals surface area contributed by atoms with Crippen LogP contribution < -0.4 is 10.9 Å². The van der Waals surface area contributed by atoms with Crippen molar-refractivity contribution in [3.05, 3.63) is 46.2 Å². The molecule has 1 amide bonds. The fourth-order valence-electron chi connectivity index (χ4n) is 3.83. The molecular formula is C20H27N3O2. The Bertz CT molecular complexity index is 812. The molecule has 0 spiro atoms. The molecule has 1 fully saturated rings.